The van der Waals surface area contributed by atoms with Gasteiger partial charge in [-0.15, -0.1) is 6.58 Å². The molecule has 0 saturated carbocycles. The van der Waals surface area contributed by atoms with Gasteiger partial charge in [-0.1, -0.05) is 17.7 Å². The third kappa shape index (κ3) is 7.51. The van der Waals surface area contributed by atoms with Crippen molar-refractivity contribution in [2.24, 2.45) is 4.99 Å². The van der Waals surface area contributed by atoms with Gasteiger partial charge in [0.15, 0.2) is 5.96 Å². The molecule has 6 heteroatoms. The van der Waals surface area contributed by atoms with Crippen LogP contribution in [0.15, 0.2) is 41.9 Å². The van der Waals surface area contributed by atoms with Crippen LogP contribution in [0, 0.1) is 0 Å². The van der Waals surface area contributed by atoms with Crippen molar-refractivity contribution in [2.45, 2.75) is 19.8 Å². The number of hydrogen-bond donors (Lipinski definition) is 2. The predicted molar refractivity (Wildman–Crippen MR) is 102 cm³/mol. The van der Waals surface area contributed by atoms with Crippen molar-refractivity contribution in [1.82, 2.24) is 15.5 Å². The van der Waals surface area contributed by atoms with Crippen molar-refractivity contribution in [2.75, 3.05) is 33.2 Å². The molecule has 0 aliphatic carbocycles. The van der Waals surface area contributed by atoms with Crippen LogP contribution in [0.3, 0.4) is 0 Å². The predicted octanol–water partition coefficient (Wildman–Crippen LogP) is 2.93. The standard InChI is InChI=1S/C18H27ClN4O/c1-4-6-7-14-23(3)18(20-5-2)22-13-12-21-17(24)15-8-10-16(19)11-9-15/h4,8-11H,1,5-7,12-14H2,2-3H3,(H,20,22)(H,21,24). The lowest BCUT2D eigenvalue weighted by atomic mass is 10.2. The lowest BCUT2D eigenvalue weighted by Gasteiger charge is -2.21. The van der Waals surface area contributed by atoms with Gasteiger partial charge in [-0.05, 0) is 44.0 Å². The summed E-state index contributed by atoms with van der Waals surface area (Å²) in [6.07, 6.45) is 3.95. The molecule has 2 N–H and O–H groups in total. The average Bonchev–Trinajstić information content (AvgIpc) is 2.58. The zero-order valence-corrected chi connectivity index (χ0v) is 15.3. The lowest BCUT2D eigenvalue weighted by molar-refractivity contribution is 0.0955. The van der Waals surface area contributed by atoms with Crippen LogP contribution in [0.25, 0.3) is 0 Å². The number of hydrogen-bond acceptors (Lipinski definition) is 2. The van der Waals surface area contributed by atoms with Crippen LogP contribution < -0.4 is 10.6 Å². The molecule has 0 atom stereocenters. The van der Waals surface area contributed by atoms with E-state index in [1.807, 2.05) is 20.0 Å². The van der Waals surface area contributed by atoms with Gasteiger partial charge in [-0.3, -0.25) is 9.79 Å². The zero-order chi connectivity index (χ0) is 17.8. The summed E-state index contributed by atoms with van der Waals surface area (Å²) in [6.45, 7) is 8.49. The first-order valence-electron chi connectivity index (χ1n) is 8.22. The molecule has 24 heavy (non-hydrogen) atoms. The summed E-state index contributed by atoms with van der Waals surface area (Å²) in [5, 5.41) is 6.73. The van der Waals surface area contributed by atoms with Crippen LogP contribution in [-0.2, 0) is 0 Å². The van der Waals surface area contributed by atoms with E-state index in [1.54, 1.807) is 24.3 Å². The van der Waals surface area contributed by atoms with E-state index >= 15 is 0 Å². The average molecular weight is 351 g/mol. The van der Waals surface area contributed by atoms with Gasteiger partial charge >= 0.3 is 0 Å². The van der Waals surface area contributed by atoms with Crippen LogP contribution in [0.2, 0.25) is 5.02 Å². The molecule has 0 aliphatic rings. The number of guanidine groups is 1. The van der Waals surface area contributed by atoms with E-state index in [2.05, 4.69) is 27.1 Å². The molecule has 0 unspecified atom stereocenters. The number of nitrogens with one attached hydrogen (secondary N) is 2. The Kier molecular flexibility index (Phi) is 9.61. The van der Waals surface area contributed by atoms with Gasteiger partial charge in [0.25, 0.3) is 5.91 Å². The summed E-state index contributed by atoms with van der Waals surface area (Å²) in [6, 6.07) is 6.82. The SMILES string of the molecule is C=CCCCN(C)C(=NCCNC(=O)c1ccc(Cl)cc1)NCC. The number of benzene rings is 1. The van der Waals surface area contributed by atoms with E-state index in [0.717, 1.165) is 31.9 Å². The normalized spacial score (nSPS) is 11.0. The smallest absolute Gasteiger partial charge is 0.251 e. The van der Waals surface area contributed by atoms with Gasteiger partial charge in [0.2, 0.25) is 0 Å². The second kappa shape index (κ2) is 11.5. The Morgan fingerprint density at radius 1 is 1.33 bits per heavy atom. The quantitative estimate of drug-likeness (QED) is 0.311. The van der Waals surface area contributed by atoms with Crippen molar-refractivity contribution >= 4 is 23.5 Å². The number of allylic oxidation sites excluding steroid dienone is 1. The zero-order valence-electron chi connectivity index (χ0n) is 14.5. The molecular weight excluding hydrogens is 324 g/mol. The number of halogens is 1. The molecule has 1 aromatic carbocycles. The van der Waals surface area contributed by atoms with Crippen LogP contribution in [0.1, 0.15) is 30.1 Å². The van der Waals surface area contributed by atoms with E-state index in [4.69, 9.17) is 11.6 Å². The highest BCUT2D eigenvalue weighted by Gasteiger charge is 2.06. The van der Waals surface area contributed by atoms with Crippen molar-refractivity contribution < 1.29 is 4.79 Å². The van der Waals surface area contributed by atoms with Crippen molar-refractivity contribution in [1.29, 1.82) is 0 Å². The number of rotatable bonds is 9. The lowest BCUT2D eigenvalue weighted by Crippen LogP contribution is -2.40. The first-order chi connectivity index (χ1) is 11.6. The number of nitrogens with zero attached hydrogens (tertiary/aromatic N) is 2. The molecule has 1 aromatic rings. The highest BCUT2D eigenvalue weighted by molar-refractivity contribution is 6.30. The molecular formula is C18H27ClN4O. The molecule has 0 aliphatic heterocycles. The number of carbonyl (C=O) groups is 1. The summed E-state index contributed by atoms with van der Waals surface area (Å²) in [4.78, 5) is 18.6. The van der Waals surface area contributed by atoms with Crippen LogP contribution >= 0.6 is 11.6 Å². The third-order valence-corrected chi connectivity index (χ3v) is 3.62. The Labute approximate surface area is 149 Å². The van der Waals surface area contributed by atoms with Crippen molar-refractivity contribution in [3.63, 3.8) is 0 Å². The van der Waals surface area contributed by atoms with Crippen molar-refractivity contribution in [3.8, 4) is 0 Å². The number of amides is 1. The summed E-state index contributed by atoms with van der Waals surface area (Å²) in [7, 11) is 2.01. The molecule has 1 amide bonds. The molecule has 0 saturated heterocycles. The maximum Gasteiger partial charge on any atom is 0.251 e. The fraction of sp³-hybridized carbons (Fsp3) is 0.444. The van der Waals surface area contributed by atoms with Gasteiger partial charge in [0, 0.05) is 37.3 Å². The molecule has 0 fully saturated rings. The van der Waals surface area contributed by atoms with Crippen LogP contribution in [0.4, 0.5) is 0 Å². The highest BCUT2D eigenvalue weighted by atomic mass is 35.5. The van der Waals surface area contributed by atoms with Gasteiger partial charge in [-0.2, -0.15) is 0 Å². The minimum absolute atomic E-state index is 0.119. The Hall–Kier alpha value is -2.01. The second-order valence-electron chi connectivity index (χ2n) is 5.35. The van der Waals surface area contributed by atoms with E-state index in [9.17, 15) is 4.79 Å². The summed E-state index contributed by atoms with van der Waals surface area (Å²) in [5.41, 5.74) is 0.594. The Morgan fingerprint density at radius 3 is 2.67 bits per heavy atom. The molecule has 1 rings (SSSR count). The van der Waals surface area contributed by atoms with E-state index < -0.39 is 0 Å². The van der Waals surface area contributed by atoms with E-state index in [1.165, 1.54) is 0 Å². The Balaban J connectivity index is 2.44. The maximum atomic E-state index is 12.0. The van der Waals surface area contributed by atoms with E-state index in [0.29, 0.717) is 23.7 Å². The number of aliphatic imine (C=N–C) groups is 1. The molecule has 132 valence electrons. The largest absolute Gasteiger partial charge is 0.357 e. The first-order valence-corrected chi connectivity index (χ1v) is 8.60. The molecule has 0 heterocycles. The first kappa shape index (κ1) is 20.0. The van der Waals surface area contributed by atoms with Gasteiger partial charge in [0.05, 0.1) is 6.54 Å². The maximum absolute atomic E-state index is 12.0. The fourth-order valence-electron chi connectivity index (χ4n) is 2.08. The Morgan fingerprint density at radius 2 is 2.04 bits per heavy atom. The molecule has 5 nitrogen and oxygen atoms in total. The minimum atomic E-state index is -0.119. The monoisotopic (exact) mass is 350 g/mol. The van der Waals surface area contributed by atoms with E-state index in [-0.39, 0.29) is 5.91 Å². The molecule has 0 spiro atoms. The molecule has 0 bridgehead atoms. The number of carbonyl (C=O) groups excluding carboxylic acids is 1. The number of unbranched alkanes of at least 4 members (excludes halogenated alkanes) is 1. The molecule has 0 radical (unpaired) electrons. The second-order valence-corrected chi connectivity index (χ2v) is 5.79. The topological polar surface area (TPSA) is 56.7 Å². The fourth-order valence-corrected chi connectivity index (χ4v) is 2.21. The highest BCUT2D eigenvalue weighted by Crippen LogP contribution is 2.09. The Bertz CT molecular complexity index is 542. The van der Waals surface area contributed by atoms with Crippen molar-refractivity contribution in [3.05, 3.63) is 47.5 Å². The van der Waals surface area contributed by atoms with Crippen LogP contribution in [0.5, 0.6) is 0 Å². The van der Waals surface area contributed by atoms with Gasteiger partial charge in [-0.25, -0.2) is 0 Å². The summed E-state index contributed by atoms with van der Waals surface area (Å²) >= 11 is 5.82. The summed E-state index contributed by atoms with van der Waals surface area (Å²) < 4.78 is 0. The van der Waals surface area contributed by atoms with Gasteiger partial charge in [0.1, 0.15) is 0 Å². The third-order valence-electron chi connectivity index (χ3n) is 3.36. The summed E-state index contributed by atoms with van der Waals surface area (Å²) in [5.74, 6) is 0.730. The van der Waals surface area contributed by atoms with Gasteiger partial charge < -0.3 is 15.5 Å². The van der Waals surface area contributed by atoms with Crippen LogP contribution in [-0.4, -0.2) is 50.0 Å². The molecule has 0 aromatic heterocycles. The minimum Gasteiger partial charge on any atom is -0.357 e.